The SMILES string of the molecule is O=C1Cc2ccccc2C(c2ccccc2)=NC1Nc1nnc(-c2ccc(OC(F)(F)F)cc2)o1. The number of hydrogen-bond acceptors (Lipinski definition) is 7. The van der Waals surface area contributed by atoms with Crippen molar-refractivity contribution in [1.82, 2.24) is 10.2 Å². The van der Waals surface area contributed by atoms with E-state index in [1.54, 1.807) is 0 Å². The van der Waals surface area contributed by atoms with E-state index in [1.807, 2.05) is 54.6 Å². The van der Waals surface area contributed by atoms with E-state index in [0.29, 0.717) is 11.3 Å². The van der Waals surface area contributed by atoms with E-state index in [4.69, 9.17) is 9.41 Å². The highest BCUT2D eigenvalue weighted by molar-refractivity contribution is 6.16. The summed E-state index contributed by atoms with van der Waals surface area (Å²) >= 11 is 0. The normalized spacial score (nSPS) is 15.7. The Morgan fingerprint density at radius 3 is 2.34 bits per heavy atom. The topological polar surface area (TPSA) is 89.6 Å². The van der Waals surface area contributed by atoms with Crippen LogP contribution in [0, 0.1) is 0 Å². The average Bonchev–Trinajstić information content (AvgIpc) is 3.25. The van der Waals surface area contributed by atoms with Gasteiger partial charge in [0.05, 0.1) is 5.71 Å². The van der Waals surface area contributed by atoms with E-state index in [1.165, 1.54) is 12.1 Å². The number of aromatic nitrogens is 2. The number of fused-ring (bicyclic) bond motifs is 1. The number of ketones is 1. The molecule has 7 nitrogen and oxygen atoms in total. The van der Waals surface area contributed by atoms with Crippen molar-refractivity contribution < 1.29 is 27.1 Å². The third-order valence-corrected chi connectivity index (χ3v) is 5.27. The first-order valence-corrected chi connectivity index (χ1v) is 10.6. The van der Waals surface area contributed by atoms with Gasteiger partial charge in [0, 0.05) is 23.1 Å². The highest BCUT2D eigenvalue weighted by Gasteiger charge is 2.31. The molecule has 1 N–H and O–H groups in total. The van der Waals surface area contributed by atoms with Gasteiger partial charge in [-0.1, -0.05) is 59.7 Å². The fourth-order valence-corrected chi connectivity index (χ4v) is 3.71. The molecule has 0 saturated carbocycles. The summed E-state index contributed by atoms with van der Waals surface area (Å²) in [5.74, 6) is -0.495. The second-order valence-corrected chi connectivity index (χ2v) is 7.68. The van der Waals surface area contributed by atoms with Gasteiger partial charge in [-0.05, 0) is 29.8 Å². The Morgan fingerprint density at radius 1 is 0.886 bits per heavy atom. The molecule has 0 bridgehead atoms. The Kier molecular flexibility index (Phi) is 5.77. The van der Waals surface area contributed by atoms with Crippen molar-refractivity contribution in [3.63, 3.8) is 0 Å². The van der Waals surface area contributed by atoms with Crippen LogP contribution in [0.2, 0.25) is 0 Å². The smallest absolute Gasteiger partial charge is 0.406 e. The summed E-state index contributed by atoms with van der Waals surface area (Å²) in [6.07, 6.45) is -5.60. The number of nitrogens with one attached hydrogen (secondary N) is 1. The molecule has 1 unspecified atom stereocenters. The lowest BCUT2D eigenvalue weighted by molar-refractivity contribution is -0.274. The lowest BCUT2D eigenvalue weighted by Gasteiger charge is -2.11. The molecule has 10 heteroatoms. The molecular weight excluding hydrogens is 461 g/mol. The Balaban J connectivity index is 1.41. The van der Waals surface area contributed by atoms with Crippen LogP contribution in [0.3, 0.4) is 0 Å². The first kappa shape index (κ1) is 22.3. The molecule has 5 rings (SSSR count). The fraction of sp³-hybridized carbons (Fsp3) is 0.120. The number of anilines is 1. The van der Waals surface area contributed by atoms with Crippen LogP contribution in [-0.4, -0.2) is 34.2 Å². The third kappa shape index (κ3) is 5.06. The van der Waals surface area contributed by atoms with Crippen LogP contribution in [0.1, 0.15) is 16.7 Å². The molecule has 1 atom stereocenters. The maximum absolute atomic E-state index is 13.0. The van der Waals surface area contributed by atoms with Crippen molar-refractivity contribution in [2.75, 3.05) is 5.32 Å². The zero-order valence-corrected chi connectivity index (χ0v) is 18.0. The number of carbonyl (C=O) groups excluding carboxylic acids is 1. The van der Waals surface area contributed by atoms with Crippen molar-refractivity contribution in [3.8, 4) is 17.2 Å². The van der Waals surface area contributed by atoms with Crippen molar-refractivity contribution in [3.05, 3.63) is 95.6 Å². The lowest BCUT2D eigenvalue weighted by Crippen LogP contribution is -2.29. The molecule has 4 aromatic rings. The summed E-state index contributed by atoms with van der Waals surface area (Å²) in [4.78, 5) is 17.7. The number of carbonyl (C=O) groups is 1. The van der Waals surface area contributed by atoms with Gasteiger partial charge in [0.1, 0.15) is 5.75 Å². The molecule has 35 heavy (non-hydrogen) atoms. The van der Waals surface area contributed by atoms with E-state index in [9.17, 15) is 18.0 Å². The number of halogens is 3. The molecule has 1 aliphatic rings. The number of ether oxygens (including phenoxy) is 1. The molecule has 1 aliphatic heterocycles. The van der Waals surface area contributed by atoms with Gasteiger partial charge in [0.15, 0.2) is 11.9 Å². The predicted octanol–water partition coefficient (Wildman–Crippen LogP) is 5.04. The standard InChI is InChI=1S/C25H17F3N4O3/c26-25(27,28)35-18-12-10-16(11-13-18)23-31-32-24(34-23)30-22-20(33)14-17-8-4-5-9-19(17)21(29-22)15-6-2-1-3-7-15/h1-13,22H,14H2,(H,30,32). The number of aliphatic imine (C=N–C) groups is 1. The molecule has 2 heterocycles. The number of benzene rings is 3. The first-order chi connectivity index (χ1) is 16.9. The van der Waals surface area contributed by atoms with Crippen LogP contribution in [-0.2, 0) is 11.2 Å². The molecule has 1 aromatic heterocycles. The molecule has 0 radical (unpaired) electrons. The Bertz CT molecular complexity index is 1380. The largest absolute Gasteiger partial charge is 0.573 e. The minimum atomic E-state index is -4.78. The van der Waals surface area contributed by atoms with Crippen molar-refractivity contribution in [1.29, 1.82) is 0 Å². The summed E-state index contributed by atoms with van der Waals surface area (Å²) in [5, 5.41) is 10.7. The maximum Gasteiger partial charge on any atom is 0.573 e. The summed E-state index contributed by atoms with van der Waals surface area (Å²) in [5.41, 5.74) is 3.62. The molecule has 0 amide bonds. The van der Waals surface area contributed by atoms with Gasteiger partial charge < -0.3 is 14.5 Å². The van der Waals surface area contributed by atoms with Gasteiger partial charge in [-0.2, -0.15) is 0 Å². The monoisotopic (exact) mass is 478 g/mol. The Hall–Kier alpha value is -4.47. The molecule has 3 aromatic carbocycles. The average molecular weight is 478 g/mol. The summed E-state index contributed by atoms with van der Waals surface area (Å²) in [6.45, 7) is 0. The van der Waals surface area contributed by atoms with E-state index < -0.39 is 12.5 Å². The Morgan fingerprint density at radius 2 is 1.60 bits per heavy atom. The highest BCUT2D eigenvalue weighted by atomic mass is 19.4. The summed E-state index contributed by atoms with van der Waals surface area (Å²) in [6, 6.07) is 22.1. The fourth-order valence-electron chi connectivity index (χ4n) is 3.71. The van der Waals surface area contributed by atoms with Crippen molar-refractivity contribution in [2.45, 2.75) is 18.9 Å². The quantitative estimate of drug-likeness (QED) is 0.433. The molecule has 0 saturated heterocycles. The molecule has 0 aliphatic carbocycles. The van der Waals surface area contributed by atoms with E-state index in [0.717, 1.165) is 28.8 Å². The van der Waals surface area contributed by atoms with Gasteiger partial charge in [-0.25, -0.2) is 0 Å². The Labute approximate surface area is 197 Å². The van der Waals surface area contributed by atoms with Gasteiger partial charge in [0.25, 0.3) is 0 Å². The highest BCUT2D eigenvalue weighted by Crippen LogP contribution is 2.27. The lowest BCUT2D eigenvalue weighted by atomic mass is 9.96. The zero-order chi connectivity index (χ0) is 24.4. The van der Waals surface area contributed by atoms with E-state index >= 15 is 0 Å². The van der Waals surface area contributed by atoms with E-state index in [-0.39, 0.29) is 29.9 Å². The summed E-state index contributed by atoms with van der Waals surface area (Å²) in [7, 11) is 0. The van der Waals surface area contributed by atoms with Gasteiger partial charge in [-0.3, -0.25) is 9.79 Å². The van der Waals surface area contributed by atoms with Crippen molar-refractivity contribution in [2.24, 2.45) is 4.99 Å². The number of alkyl halides is 3. The number of nitrogens with zero attached hydrogens (tertiary/aromatic N) is 3. The number of Topliss-reactive ketones (excluding diaryl/α,β-unsaturated/α-hetero) is 1. The van der Waals surface area contributed by atoms with Crippen LogP contribution in [0.25, 0.3) is 11.5 Å². The van der Waals surface area contributed by atoms with Crippen LogP contribution in [0.5, 0.6) is 5.75 Å². The third-order valence-electron chi connectivity index (χ3n) is 5.27. The molecular formula is C25H17F3N4O3. The second-order valence-electron chi connectivity index (χ2n) is 7.68. The number of rotatable bonds is 5. The van der Waals surface area contributed by atoms with Gasteiger partial charge >= 0.3 is 12.4 Å². The zero-order valence-electron chi connectivity index (χ0n) is 18.0. The minimum Gasteiger partial charge on any atom is -0.406 e. The van der Waals surface area contributed by atoms with Crippen LogP contribution >= 0.6 is 0 Å². The van der Waals surface area contributed by atoms with Gasteiger partial charge in [-0.15, -0.1) is 18.3 Å². The first-order valence-electron chi connectivity index (χ1n) is 10.6. The summed E-state index contributed by atoms with van der Waals surface area (Å²) < 4.78 is 46.6. The molecule has 0 spiro atoms. The van der Waals surface area contributed by atoms with Crippen molar-refractivity contribution >= 4 is 17.5 Å². The second kappa shape index (κ2) is 9.05. The van der Waals surface area contributed by atoms with Crippen LogP contribution < -0.4 is 10.1 Å². The predicted molar refractivity (Wildman–Crippen MR) is 121 cm³/mol. The van der Waals surface area contributed by atoms with E-state index in [2.05, 4.69) is 20.3 Å². The minimum absolute atomic E-state index is 0.0453. The van der Waals surface area contributed by atoms with Gasteiger partial charge in [0.2, 0.25) is 5.89 Å². The maximum atomic E-state index is 13.0. The van der Waals surface area contributed by atoms with Crippen LogP contribution in [0.15, 0.2) is 88.3 Å². The molecule has 0 fully saturated rings. The number of hydrogen-bond donors (Lipinski definition) is 1. The van der Waals surface area contributed by atoms with Crippen LogP contribution in [0.4, 0.5) is 19.2 Å². The molecule has 176 valence electrons.